The topological polar surface area (TPSA) is 54.9 Å². The maximum absolute atomic E-state index is 5.34. The van der Waals surface area contributed by atoms with E-state index in [-0.39, 0.29) is 0 Å². The van der Waals surface area contributed by atoms with Gasteiger partial charge in [0.15, 0.2) is 17.5 Å². The average molecular weight is 398 g/mol. The second-order valence-electron chi connectivity index (χ2n) is 4.66. The lowest BCUT2D eigenvalue weighted by molar-refractivity contribution is 0.354. The first kappa shape index (κ1) is 17.6. The molecule has 0 radical (unpaired) electrons. The van der Waals surface area contributed by atoms with Crippen molar-refractivity contribution in [2.24, 2.45) is 4.99 Å². The summed E-state index contributed by atoms with van der Waals surface area (Å²) in [7, 11) is 5.01. The van der Waals surface area contributed by atoms with Crippen molar-refractivity contribution in [1.29, 1.82) is 0 Å². The summed E-state index contributed by atoms with van der Waals surface area (Å²) in [6.07, 6.45) is 0. The molecule has 0 fully saturated rings. The number of ether oxygens (including phenoxy) is 2. The van der Waals surface area contributed by atoms with E-state index in [2.05, 4.69) is 43.0 Å². The Labute approximate surface area is 148 Å². The van der Waals surface area contributed by atoms with E-state index >= 15 is 0 Å². The Morgan fingerprint density at radius 3 is 2.48 bits per heavy atom. The number of nitrogens with zero attached hydrogens (tertiary/aromatic N) is 1. The van der Waals surface area contributed by atoms with Crippen LogP contribution in [0.1, 0.15) is 10.4 Å². The maximum atomic E-state index is 5.34. The van der Waals surface area contributed by atoms with Crippen molar-refractivity contribution in [3.8, 4) is 11.5 Å². The fourth-order valence-electron chi connectivity index (χ4n) is 2.02. The molecule has 23 heavy (non-hydrogen) atoms. The fourth-order valence-corrected chi connectivity index (χ4v) is 3.12. The molecule has 0 atom stereocenters. The zero-order valence-electron chi connectivity index (χ0n) is 13.4. The quantitative estimate of drug-likeness (QED) is 0.579. The largest absolute Gasteiger partial charge is 0.493 e. The van der Waals surface area contributed by atoms with E-state index < -0.39 is 0 Å². The van der Waals surface area contributed by atoms with Crippen molar-refractivity contribution in [3.63, 3.8) is 0 Å². The Morgan fingerprint density at radius 2 is 1.87 bits per heavy atom. The lowest BCUT2D eigenvalue weighted by Crippen LogP contribution is -2.36. The molecule has 0 spiro atoms. The second kappa shape index (κ2) is 8.79. The molecule has 0 unspecified atom stereocenters. The highest BCUT2D eigenvalue weighted by atomic mass is 79.9. The molecule has 0 aliphatic heterocycles. The maximum Gasteiger partial charge on any atom is 0.191 e. The Kier molecular flexibility index (Phi) is 6.73. The summed E-state index contributed by atoms with van der Waals surface area (Å²) in [6, 6.07) is 7.98. The third kappa shape index (κ3) is 4.87. The molecule has 1 heterocycles. The SMILES string of the molecule is CN=C(NCc1cccs1)NCc1cc(OC)c(OC)cc1Br. The van der Waals surface area contributed by atoms with Crippen molar-refractivity contribution in [2.45, 2.75) is 13.1 Å². The van der Waals surface area contributed by atoms with Crippen LogP contribution in [0.25, 0.3) is 0 Å². The molecule has 5 nitrogen and oxygen atoms in total. The minimum atomic E-state index is 0.616. The number of aliphatic imine (C=N–C) groups is 1. The van der Waals surface area contributed by atoms with E-state index in [1.807, 2.05) is 18.2 Å². The third-order valence-corrected chi connectivity index (χ3v) is 4.85. The second-order valence-corrected chi connectivity index (χ2v) is 6.54. The lowest BCUT2D eigenvalue weighted by atomic mass is 10.2. The van der Waals surface area contributed by atoms with Crippen LogP contribution in [0, 0.1) is 0 Å². The normalized spacial score (nSPS) is 11.2. The molecule has 2 rings (SSSR count). The van der Waals surface area contributed by atoms with Gasteiger partial charge in [0.1, 0.15) is 0 Å². The smallest absolute Gasteiger partial charge is 0.191 e. The van der Waals surface area contributed by atoms with E-state index in [0.717, 1.165) is 22.5 Å². The molecular formula is C16H20BrN3O2S. The molecule has 7 heteroatoms. The van der Waals surface area contributed by atoms with Gasteiger partial charge in [0, 0.05) is 22.9 Å². The number of benzene rings is 1. The van der Waals surface area contributed by atoms with Crippen LogP contribution >= 0.6 is 27.3 Å². The molecule has 0 saturated heterocycles. The van der Waals surface area contributed by atoms with Crippen LogP contribution in [0.3, 0.4) is 0 Å². The summed E-state index contributed by atoms with van der Waals surface area (Å²) in [6.45, 7) is 1.37. The van der Waals surface area contributed by atoms with Gasteiger partial charge in [0.05, 0.1) is 20.8 Å². The summed E-state index contributed by atoms with van der Waals surface area (Å²) in [5.74, 6) is 2.15. The standard InChI is InChI=1S/C16H20BrN3O2S/c1-18-16(20-10-12-5-4-6-23-12)19-9-11-7-14(21-2)15(22-3)8-13(11)17/h4-8H,9-10H2,1-3H3,(H2,18,19,20). The van der Waals surface area contributed by atoms with Crippen molar-refractivity contribution in [3.05, 3.63) is 44.6 Å². The number of rotatable bonds is 6. The molecule has 0 aliphatic carbocycles. The summed E-state index contributed by atoms with van der Waals surface area (Å²) >= 11 is 5.28. The van der Waals surface area contributed by atoms with Crippen LogP contribution in [-0.2, 0) is 13.1 Å². The van der Waals surface area contributed by atoms with E-state index in [9.17, 15) is 0 Å². The first-order valence-electron chi connectivity index (χ1n) is 7.05. The van der Waals surface area contributed by atoms with E-state index in [1.54, 1.807) is 32.6 Å². The summed E-state index contributed by atoms with van der Waals surface area (Å²) in [5.41, 5.74) is 1.06. The fraction of sp³-hybridized carbons (Fsp3) is 0.312. The molecule has 124 valence electrons. The predicted molar refractivity (Wildman–Crippen MR) is 98.6 cm³/mol. The number of hydrogen-bond donors (Lipinski definition) is 2. The number of nitrogens with one attached hydrogen (secondary N) is 2. The molecule has 1 aromatic carbocycles. The van der Waals surface area contributed by atoms with E-state index in [1.165, 1.54) is 4.88 Å². The molecule has 0 aliphatic rings. The van der Waals surface area contributed by atoms with Gasteiger partial charge in [-0.1, -0.05) is 22.0 Å². The van der Waals surface area contributed by atoms with Gasteiger partial charge in [-0.2, -0.15) is 0 Å². The van der Waals surface area contributed by atoms with Gasteiger partial charge in [0.25, 0.3) is 0 Å². The van der Waals surface area contributed by atoms with Gasteiger partial charge < -0.3 is 20.1 Å². The number of thiophene rings is 1. The molecule has 2 aromatic rings. The summed E-state index contributed by atoms with van der Waals surface area (Å²) in [5, 5.41) is 8.65. The highest BCUT2D eigenvalue weighted by Crippen LogP contribution is 2.33. The minimum Gasteiger partial charge on any atom is -0.493 e. The summed E-state index contributed by atoms with van der Waals surface area (Å²) < 4.78 is 11.6. The Bertz CT molecular complexity index is 660. The van der Waals surface area contributed by atoms with Crippen LogP contribution in [-0.4, -0.2) is 27.2 Å². The van der Waals surface area contributed by atoms with Gasteiger partial charge >= 0.3 is 0 Å². The van der Waals surface area contributed by atoms with Crippen molar-refractivity contribution < 1.29 is 9.47 Å². The molecule has 1 aromatic heterocycles. The molecule has 2 N–H and O–H groups in total. The first-order valence-corrected chi connectivity index (χ1v) is 8.72. The zero-order chi connectivity index (χ0) is 16.7. The third-order valence-electron chi connectivity index (χ3n) is 3.23. The van der Waals surface area contributed by atoms with E-state index in [4.69, 9.17) is 9.47 Å². The van der Waals surface area contributed by atoms with Crippen molar-refractivity contribution in [1.82, 2.24) is 10.6 Å². The van der Waals surface area contributed by atoms with Crippen LogP contribution in [0.5, 0.6) is 11.5 Å². The monoisotopic (exact) mass is 397 g/mol. The zero-order valence-corrected chi connectivity index (χ0v) is 15.8. The van der Waals surface area contributed by atoms with Crippen LogP contribution in [0.4, 0.5) is 0 Å². The lowest BCUT2D eigenvalue weighted by Gasteiger charge is -2.14. The number of halogens is 1. The molecule has 0 bridgehead atoms. The van der Waals surface area contributed by atoms with Crippen LogP contribution < -0.4 is 20.1 Å². The molecular weight excluding hydrogens is 378 g/mol. The highest BCUT2D eigenvalue weighted by molar-refractivity contribution is 9.10. The average Bonchev–Trinajstić information content (AvgIpc) is 3.09. The van der Waals surface area contributed by atoms with Crippen molar-refractivity contribution in [2.75, 3.05) is 21.3 Å². The first-order chi connectivity index (χ1) is 11.2. The van der Waals surface area contributed by atoms with Gasteiger partial charge in [-0.3, -0.25) is 4.99 Å². The predicted octanol–water partition coefficient (Wildman–Crippen LogP) is 3.39. The van der Waals surface area contributed by atoms with Gasteiger partial charge in [-0.05, 0) is 29.1 Å². The van der Waals surface area contributed by atoms with E-state index in [0.29, 0.717) is 18.0 Å². The van der Waals surface area contributed by atoms with Crippen LogP contribution in [0.15, 0.2) is 39.1 Å². The Balaban J connectivity index is 1.98. The Morgan fingerprint density at radius 1 is 1.17 bits per heavy atom. The molecule has 0 saturated carbocycles. The Hall–Kier alpha value is -1.73. The van der Waals surface area contributed by atoms with Gasteiger partial charge in [-0.15, -0.1) is 11.3 Å². The van der Waals surface area contributed by atoms with Gasteiger partial charge in [0.2, 0.25) is 0 Å². The highest BCUT2D eigenvalue weighted by Gasteiger charge is 2.10. The van der Waals surface area contributed by atoms with Crippen molar-refractivity contribution >= 4 is 33.2 Å². The van der Waals surface area contributed by atoms with Gasteiger partial charge in [-0.25, -0.2) is 0 Å². The number of guanidine groups is 1. The number of hydrogen-bond acceptors (Lipinski definition) is 4. The van der Waals surface area contributed by atoms with Crippen LogP contribution in [0.2, 0.25) is 0 Å². The molecule has 0 amide bonds. The summed E-state index contributed by atoms with van der Waals surface area (Å²) in [4.78, 5) is 5.50. The minimum absolute atomic E-state index is 0.616. The number of methoxy groups -OCH3 is 2.